The third-order valence-corrected chi connectivity index (χ3v) is 6.43. The standard InChI is InChI=1S/C24H40N2O10S/c1-6-16(27)13-17(28)14-24(34-5)35-15-23(2,3)21(36-24)22(32)26-10-9-18(29)25-11-12-37-20(31)8-7-19(30)33-4/h7-8,16-17,21,27-28H,6,9-15H2,1-5H3,(H,25,29)(H,26,32)/b8-7+/t16?,17?,21-,24?/m0/s1. The van der Waals surface area contributed by atoms with Gasteiger partial charge in [0, 0.05) is 43.9 Å². The molecule has 0 radical (unpaired) electrons. The molecule has 0 aromatic carbocycles. The van der Waals surface area contributed by atoms with Gasteiger partial charge in [-0.1, -0.05) is 32.5 Å². The third-order valence-electron chi connectivity index (χ3n) is 5.60. The minimum absolute atomic E-state index is 0.0132. The largest absolute Gasteiger partial charge is 0.466 e. The van der Waals surface area contributed by atoms with E-state index in [0.29, 0.717) is 12.2 Å². The maximum Gasteiger partial charge on any atom is 0.330 e. The monoisotopic (exact) mass is 548 g/mol. The molecule has 4 N–H and O–H groups in total. The van der Waals surface area contributed by atoms with E-state index in [4.69, 9.17) is 14.2 Å². The fourth-order valence-corrected chi connectivity index (χ4v) is 3.95. The molecule has 3 unspecified atom stereocenters. The summed E-state index contributed by atoms with van der Waals surface area (Å²) in [5, 5.41) is 25.1. The Morgan fingerprint density at radius 1 is 1.11 bits per heavy atom. The van der Waals surface area contributed by atoms with Gasteiger partial charge in [0.1, 0.15) is 6.10 Å². The van der Waals surface area contributed by atoms with Crippen molar-refractivity contribution in [1.29, 1.82) is 0 Å². The Labute approximate surface area is 221 Å². The Morgan fingerprint density at radius 3 is 2.43 bits per heavy atom. The Bertz CT molecular complexity index is 806. The normalized spacial score (nSPS) is 22.7. The summed E-state index contributed by atoms with van der Waals surface area (Å²) in [5.41, 5.74) is -0.714. The van der Waals surface area contributed by atoms with Crippen molar-refractivity contribution in [3.8, 4) is 0 Å². The van der Waals surface area contributed by atoms with Crippen molar-refractivity contribution in [2.45, 2.75) is 70.7 Å². The molecule has 0 aromatic heterocycles. The maximum atomic E-state index is 12.9. The first kappa shape index (κ1) is 33.0. The fourth-order valence-electron chi connectivity index (χ4n) is 3.38. The number of carbonyl (C=O) groups is 4. The molecule has 212 valence electrons. The Morgan fingerprint density at radius 2 is 1.81 bits per heavy atom. The summed E-state index contributed by atoms with van der Waals surface area (Å²) < 4.78 is 21.5. The number of amides is 2. The number of rotatable bonds is 15. The van der Waals surface area contributed by atoms with Crippen LogP contribution in [0, 0.1) is 5.41 Å². The molecule has 2 amide bonds. The molecule has 13 heteroatoms. The van der Waals surface area contributed by atoms with E-state index in [-0.39, 0.29) is 50.0 Å². The smallest absolute Gasteiger partial charge is 0.330 e. The highest BCUT2D eigenvalue weighted by atomic mass is 32.2. The van der Waals surface area contributed by atoms with Crippen LogP contribution in [0.25, 0.3) is 0 Å². The molecule has 1 heterocycles. The Hall–Kier alpha value is -2.03. The van der Waals surface area contributed by atoms with Gasteiger partial charge in [-0.15, -0.1) is 0 Å². The number of aliphatic hydroxyl groups excluding tert-OH is 2. The van der Waals surface area contributed by atoms with Crippen LogP contribution in [0.3, 0.4) is 0 Å². The number of esters is 1. The van der Waals surface area contributed by atoms with Crippen molar-refractivity contribution in [3.63, 3.8) is 0 Å². The molecule has 0 spiro atoms. The Balaban J connectivity index is 2.50. The average molecular weight is 549 g/mol. The summed E-state index contributed by atoms with van der Waals surface area (Å²) in [4.78, 5) is 47.5. The molecule has 1 aliphatic heterocycles. The van der Waals surface area contributed by atoms with E-state index < -0.39 is 41.6 Å². The molecule has 4 atom stereocenters. The summed E-state index contributed by atoms with van der Waals surface area (Å²) in [6.07, 6.45) is -0.000483. The number of hydrogen-bond donors (Lipinski definition) is 4. The van der Waals surface area contributed by atoms with E-state index in [9.17, 15) is 29.4 Å². The Kier molecular flexibility index (Phi) is 14.3. The van der Waals surface area contributed by atoms with Crippen LogP contribution < -0.4 is 10.6 Å². The minimum Gasteiger partial charge on any atom is -0.466 e. The van der Waals surface area contributed by atoms with Crippen LogP contribution in [-0.2, 0) is 38.1 Å². The average Bonchev–Trinajstić information content (AvgIpc) is 2.85. The quantitative estimate of drug-likeness (QED) is 0.126. The number of ether oxygens (including phenoxy) is 4. The molecule has 1 rings (SSSR count). The maximum absolute atomic E-state index is 12.9. The van der Waals surface area contributed by atoms with Gasteiger partial charge < -0.3 is 39.8 Å². The number of hydrogen-bond acceptors (Lipinski definition) is 11. The van der Waals surface area contributed by atoms with E-state index >= 15 is 0 Å². The number of nitrogens with one attached hydrogen (secondary N) is 2. The van der Waals surface area contributed by atoms with Crippen molar-refractivity contribution in [1.82, 2.24) is 10.6 Å². The first-order chi connectivity index (χ1) is 17.4. The molecule has 37 heavy (non-hydrogen) atoms. The number of aliphatic hydroxyl groups is 2. The second-order valence-corrected chi connectivity index (χ2v) is 10.3. The molecule has 1 fully saturated rings. The van der Waals surface area contributed by atoms with Gasteiger partial charge in [0.25, 0.3) is 5.97 Å². The lowest BCUT2D eigenvalue weighted by Crippen LogP contribution is -2.60. The van der Waals surface area contributed by atoms with Gasteiger partial charge in [-0.25, -0.2) is 4.79 Å². The lowest BCUT2D eigenvalue weighted by atomic mass is 9.85. The summed E-state index contributed by atoms with van der Waals surface area (Å²) in [7, 11) is 2.56. The second kappa shape index (κ2) is 16.0. The zero-order valence-electron chi connectivity index (χ0n) is 22.1. The van der Waals surface area contributed by atoms with Gasteiger partial charge in [-0.05, 0) is 18.9 Å². The van der Waals surface area contributed by atoms with Gasteiger partial charge >= 0.3 is 5.97 Å². The molecule has 1 aliphatic rings. The van der Waals surface area contributed by atoms with Gasteiger partial charge in [0.05, 0.1) is 32.3 Å². The summed E-state index contributed by atoms with van der Waals surface area (Å²) in [6, 6.07) is 0. The second-order valence-electron chi connectivity index (χ2n) is 9.23. The highest BCUT2D eigenvalue weighted by molar-refractivity contribution is 8.14. The van der Waals surface area contributed by atoms with Crippen LogP contribution in [0.2, 0.25) is 0 Å². The van der Waals surface area contributed by atoms with Crippen LogP contribution in [0.15, 0.2) is 12.2 Å². The van der Waals surface area contributed by atoms with E-state index in [0.717, 1.165) is 23.9 Å². The minimum atomic E-state index is -1.65. The van der Waals surface area contributed by atoms with Gasteiger partial charge in [0.2, 0.25) is 16.9 Å². The lowest BCUT2D eigenvalue weighted by Gasteiger charge is -2.47. The molecule has 1 saturated heterocycles. The lowest BCUT2D eigenvalue weighted by molar-refractivity contribution is -0.429. The first-order valence-corrected chi connectivity index (χ1v) is 13.1. The van der Waals surface area contributed by atoms with Gasteiger partial charge in [-0.2, -0.15) is 0 Å². The van der Waals surface area contributed by atoms with Crippen molar-refractivity contribution in [2.24, 2.45) is 5.41 Å². The zero-order chi connectivity index (χ0) is 28.1. The van der Waals surface area contributed by atoms with Crippen LogP contribution in [-0.4, -0.2) is 97.1 Å². The molecule has 0 aliphatic carbocycles. The van der Waals surface area contributed by atoms with Gasteiger partial charge in [-0.3, -0.25) is 14.4 Å². The van der Waals surface area contributed by atoms with Crippen LogP contribution in [0.1, 0.15) is 46.5 Å². The van der Waals surface area contributed by atoms with Crippen LogP contribution in [0.5, 0.6) is 0 Å². The SMILES string of the molecule is CCC(O)CC(O)CC1(OC)OCC(C)(C)[C@H](C(=O)NCCC(=O)NCCSC(=O)/C=C/C(=O)OC)O1. The number of carbonyl (C=O) groups excluding carboxylic acids is 4. The number of methoxy groups -OCH3 is 2. The van der Waals surface area contributed by atoms with E-state index in [1.165, 1.54) is 14.2 Å². The summed E-state index contributed by atoms with van der Waals surface area (Å²) in [5.74, 6) is -2.73. The highest BCUT2D eigenvalue weighted by Gasteiger charge is 2.51. The fraction of sp³-hybridized carbons (Fsp3) is 0.750. The van der Waals surface area contributed by atoms with E-state index in [1.807, 2.05) is 0 Å². The van der Waals surface area contributed by atoms with E-state index in [1.54, 1.807) is 20.8 Å². The van der Waals surface area contributed by atoms with Gasteiger partial charge in [0.15, 0.2) is 0 Å². The molecular weight excluding hydrogens is 508 g/mol. The first-order valence-electron chi connectivity index (χ1n) is 12.1. The molecular formula is C24H40N2O10S. The molecule has 0 saturated carbocycles. The third kappa shape index (κ3) is 11.9. The van der Waals surface area contributed by atoms with Crippen LogP contribution >= 0.6 is 11.8 Å². The summed E-state index contributed by atoms with van der Waals surface area (Å²) in [6.45, 7) is 5.79. The predicted octanol–water partition coefficient (Wildman–Crippen LogP) is 0.252. The zero-order valence-corrected chi connectivity index (χ0v) is 22.9. The molecule has 0 aromatic rings. The number of thioether (sulfide) groups is 1. The molecule has 12 nitrogen and oxygen atoms in total. The molecule has 0 bridgehead atoms. The topological polar surface area (TPSA) is 170 Å². The van der Waals surface area contributed by atoms with Crippen molar-refractivity contribution in [2.75, 3.05) is 39.7 Å². The highest BCUT2D eigenvalue weighted by Crippen LogP contribution is 2.38. The summed E-state index contributed by atoms with van der Waals surface area (Å²) >= 11 is 0.939. The van der Waals surface area contributed by atoms with Crippen LogP contribution in [0.4, 0.5) is 0 Å². The predicted molar refractivity (Wildman–Crippen MR) is 135 cm³/mol. The van der Waals surface area contributed by atoms with Crippen molar-refractivity contribution >= 4 is 34.7 Å². The van der Waals surface area contributed by atoms with Crippen molar-refractivity contribution in [3.05, 3.63) is 12.2 Å². The van der Waals surface area contributed by atoms with Crippen molar-refractivity contribution < 1.29 is 48.3 Å². The van der Waals surface area contributed by atoms with E-state index in [2.05, 4.69) is 15.4 Å².